The van der Waals surface area contributed by atoms with Gasteiger partial charge in [0.05, 0.1) is 19.8 Å². The molecule has 0 aliphatic heterocycles. The van der Waals surface area contributed by atoms with Crippen LogP contribution in [0.15, 0.2) is 36.9 Å². The summed E-state index contributed by atoms with van der Waals surface area (Å²) in [5.41, 5.74) is 1.10. The first-order chi connectivity index (χ1) is 10.0. The van der Waals surface area contributed by atoms with Crippen molar-refractivity contribution < 1.29 is 19.0 Å². The first kappa shape index (κ1) is 17.2. The second-order valence-electron chi connectivity index (χ2n) is 4.93. The van der Waals surface area contributed by atoms with Crippen LogP contribution in [0.25, 0.3) is 0 Å². The summed E-state index contributed by atoms with van der Waals surface area (Å²) in [6.45, 7) is 7.64. The van der Waals surface area contributed by atoms with E-state index in [1.165, 1.54) is 6.92 Å². The Kier molecular flexibility index (Phi) is 7.54. The number of benzene rings is 1. The van der Waals surface area contributed by atoms with Gasteiger partial charge in [-0.15, -0.1) is 0 Å². The maximum atomic E-state index is 10.9. The minimum atomic E-state index is -0.285. The van der Waals surface area contributed by atoms with E-state index in [4.69, 9.17) is 14.2 Å². The number of rotatable bonds is 9. The topological polar surface area (TPSA) is 44.8 Å². The van der Waals surface area contributed by atoms with Crippen molar-refractivity contribution in [3.8, 4) is 5.75 Å². The van der Waals surface area contributed by atoms with Gasteiger partial charge in [0.25, 0.3) is 0 Å². The summed E-state index contributed by atoms with van der Waals surface area (Å²) < 4.78 is 16.0. The zero-order chi connectivity index (χ0) is 15.7. The highest BCUT2D eigenvalue weighted by Crippen LogP contribution is 2.14. The Labute approximate surface area is 126 Å². The molecule has 1 aromatic carbocycles. The molecule has 4 nitrogen and oxygen atoms in total. The van der Waals surface area contributed by atoms with Gasteiger partial charge in [-0.05, 0) is 37.5 Å². The Morgan fingerprint density at radius 1 is 1.29 bits per heavy atom. The molecule has 0 heterocycles. The molecule has 2 atom stereocenters. The maximum Gasteiger partial charge on any atom is 0.303 e. The lowest BCUT2D eigenvalue weighted by Crippen LogP contribution is -2.17. The van der Waals surface area contributed by atoms with Crippen LogP contribution in [0.1, 0.15) is 32.3 Å². The van der Waals surface area contributed by atoms with Gasteiger partial charge < -0.3 is 14.2 Å². The first-order valence-corrected chi connectivity index (χ1v) is 7.09. The largest absolute Gasteiger partial charge is 0.497 e. The van der Waals surface area contributed by atoms with E-state index in [1.807, 2.05) is 31.2 Å². The van der Waals surface area contributed by atoms with Gasteiger partial charge in [-0.3, -0.25) is 4.79 Å². The standard InChI is InChI=1S/C17H24O4/c1-5-16(21-14(3)18)9-6-13(2)20-12-15-7-10-17(19-4)11-8-15/h5,7-8,10-11,13,16H,1,6,9,12H2,2-4H3/t13-,16-/m0/s1. The number of carbonyl (C=O) groups excluding carboxylic acids is 1. The van der Waals surface area contributed by atoms with Crippen molar-refractivity contribution in [3.63, 3.8) is 0 Å². The molecule has 0 saturated heterocycles. The van der Waals surface area contributed by atoms with Gasteiger partial charge in [0, 0.05) is 6.92 Å². The molecule has 0 amide bonds. The van der Waals surface area contributed by atoms with Crippen LogP contribution in [0.4, 0.5) is 0 Å². The molecule has 1 rings (SSSR count). The predicted molar refractivity (Wildman–Crippen MR) is 82.2 cm³/mol. The molecule has 0 radical (unpaired) electrons. The first-order valence-electron chi connectivity index (χ1n) is 7.09. The molecule has 1 aromatic rings. The summed E-state index contributed by atoms with van der Waals surface area (Å²) in [5, 5.41) is 0. The summed E-state index contributed by atoms with van der Waals surface area (Å²) in [6, 6.07) is 7.80. The minimum Gasteiger partial charge on any atom is -0.497 e. The Balaban J connectivity index is 2.30. The fourth-order valence-corrected chi connectivity index (χ4v) is 1.88. The van der Waals surface area contributed by atoms with E-state index in [0.717, 1.165) is 17.7 Å². The number of ether oxygens (including phenoxy) is 3. The van der Waals surface area contributed by atoms with E-state index in [2.05, 4.69) is 6.58 Å². The third-order valence-electron chi connectivity index (χ3n) is 3.13. The molecular weight excluding hydrogens is 268 g/mol. The quantitative estimate of drug-likeness (QED) is 0.516. The molecule has 0 aliphatic rings. The predicted octanol–water partition coefficient (Wildman–Crippen LogP) is 3.50. The Morgan fingerprint density at radius 3 is 2.48 bits per heavy atom. The fourth-order valence-electron chi connectivity index (χ4n) is 1.88. The van der Waals surface area contributed by atoms with Crippen LogP contribution in [-0.4, -0.2) is 25.3 Å². The van der Waals surface area contributed by atoms with Gasteiger partial charge in [0.2, 0.25) is 0 Å². The van der Waals surface area contributed by atoms with Crippen LogP contribution in [0.3, 0.4) is 0 Å². The molecule has 21 heavy (non-hydrogen) atoms. The zero-order valence-corrected chi connectivity index (χ0v) is 13.0. The van der Waals surface area contributed by atoms with Crippen molar-refractivity contribution in [1.29, 1.82) is 0 Å². The highest BCUT2D eigenvalue weighted by Gasteiger charge is 2.11. The van der Waals surface area contributed by atoms with E-state index >= 15 is 0 Å². The van der Waals surface area contributed by atoms with E-state index in [-0.39, 0.29) is 18.2 Å². The molecule has 4 heteroatoms. The highest BCUT2D eigenvalue weighted by molar-refractivity contribution is 5.66. The summed E-state index contributed by atoms with van der Waals surface area (Å²) in [4.78, 5) is 10.9. The molecule has 116 valence electrons. The lowest BCUT2D eigenvalue weighted by atomic mass is 10.1. The number of hydrogen-bond acceptors (Lipinski definition) is 4. The van der Waals surface area contributed by atoms with Crippen LogP contribution < -0.4 is 4.74 Å². The van der Waals surface area contributed by atoms with Crippen molar-refractivity contribution in [1.82, 2.24) is 0 Å². The lowest BCUT2D eigenvalue weighted by Gasteiger charge is -2.17. The van der Waals surface area contributed by atoms with Crippen molar-refractivity contribution in [2.45, 2.75) is 45.5 Å². The number of hydrogen-bond donors (Lipinski definition) is 0. The van der Waals surface area contributed by atoms with Gasteiger partial charge in [0.1, 0.15) is 11.9 Å². The van der Waals surface area contributed by atoms with Gasteiger partial charge in [0.15, 0.2) is 0 Å². The molecular formula is C17H24O4. The van der Waals surface area contributed by atoms with E-state index in [9.17, 15) is 4.79 Å². The van der Waals surface area contributed by atoms with Crippen molar-refractivity contribution in [2.24, 2.45) is 0 Å². The number of carbonyl (C=O) groups is 1. The van der Waals surface area contributed by atoms with Crippen LogP contribution in [-0.2, 0) is 20.9 Å². The SMILES string of the molecule is C=C[C@@H](CC[C@H](C)OCc1ccc(OC)cc1)OC(C)=O. The summed E-state index contributed by atoms with van der Waals surface area (Å²) >= 11 is 0. The summed E-state index contributed by atoms with van der Waals surface area (Å²) in [5.74, 6) is 0.550. The Morgan fingerprint density at radius 2 is 1.95 bits per heavy atom. The van der Waals surface area contributed by atoms with Gasteiger partial charge in [-0.1, -0.05) is 24.8 Å². The molecule has 0 N–H and O–H groups in total. The van der Waals surface area contributed by atoms with Crippen molar-refractivity contribution in [3.05, 3.63) is 42.5 Å². The maximum absolute atomic E-state index is 10.9. The van der Waals surface area contributed by atoms with Crippen LogP contribution in [0.5, 0.6) is 5.75 Å². The van der Waals surface area contributed by atoms with Crippen molar-refractivity contribution in [2.75, 3.05) is 7.11 Å². The molecule has 0 fully saturated rings. The summed E-state index contributed by atoms with van der Waals surface area (Å²) in [7, 11) is 1.65. The molecule has 0 saturated carbocycles. The Bertz CT molecular complexity index is 439. The lowest BCUT2D eigenvalue weighted by molar-refractivity contribution is -0.144. The van der Waals surface area contributed by atoms with Gasteiger partial charge in [-0.25, -0.2) is 0 Å². The normalized spacial score (nSPS) is 13.3. The van der Waals surface area contributed by atoms with Crippen LogP contribution >= 0.6 is 0 Å². The molecule has 0 aromatic heterocycles. The Hall–Kier alpha value is -1.81. The van der Waals surface area contributed by atoms with Crippen LogP contribution in [0.2, 0.25) is 0 Å². The minimum absolute atomic E-state index is 0.0881. The van der Waals surface area contributed by atoms with Gasteiger partial charge >= 0.3 is 5.97 Å². The monoisotopic (exact) mass is 292 g/mol. The highest BCUT2D eigenvalue weighted by atomic mass is 16.5. The van der Waals surface area contributed by atoms with Crippen molar-refractivity contribution >= 4 is 5.97 Å². The fraction of sp³-hybridized carbons (Fsp3) is 0.471. The molecule has 0 unspecified atom stereocenters. The third-order valence-corrected chi connectivity index (χ3v) is 3.13. The third kappa shape index (κ3) is 6.95. The molecule has 0 bridgehead atoms. The molecule has 0 aliphatic carbocycles. The smallest absolute Gasteiger partial charge is 0.303 e. The molecule has 0 spiro atoms. The van der Waals surface area contributed by atoms with E-state index in [0.29, 0.717) is 13.0 Å². The van der Waals surface area contributed by atoms with Gasteiger partial charge in [-0.2, -0.15) is 0 Å². The van der Waals surface area contributed by atoms with E-state index < -0.39 is 0 Å². The second kappa shape index (κ2) is 9.19. The second-order valence-corrected chi connectivity index (χ2v) is 4.93. The number of esters is 1. The average Bonchev–Trinajstić information content (AvgIpc) is 2.49. The van der Waals surface area contributed by atoms with E-state index in [1.54, 1.807) is 13.2 Å². The number of methoxy groups -OCH3 is 1. The summed E-state index contributed by atoms with van der Waals surface area (Å²) in [6.07, 6.45) is 3.02. The van der Waals surface area contributed by atoms with Crippen LogP contribution in [0, 0.1) is 0 Å². The zero-order valence-electron chi connectivity index (χ0n) is 13.0. The average molecular weight is 292 g/mol.